The van der Waals surface area contributed by atoms with Crippen molar-refractivity contribution < 1.29 is 5.11 Å². The minimum Gasteiger partial charge on any atom is -0.389 e. The molecule has 0 saturated carbocycles. The van der Waals surface area contributed by atoms with E-state index in [0.29, 0.717) is 5.41 Å². The van der Waals surface area contributed by atoms with Crippen LogP contribution >= 0.6 is 0 Å². The Balaban J connectivity index is 0. The monoisotopic (exact) mass is 216 g/mol. The van der Waals surface area contributed by atoms with Gasteiger partial charge < -0.3 is 5.11 Å². The summed E-state index contributed by atoms with van der Waals surface area (Å²) in [5.41, 5.74) is -0.221. The second kappa shape index (κ2) is 5.34. The maximum Gasteiger partial charge on any atom is 0.0693 e. The van der Waals surface area contributed by atoms with E-state index in [4.69, 9.17) is 0 Å². The fourth-order valence-corrected chi connectivity index (χ4v) is 1.66. The molecule has 0 aromatic rings. The lowest BCUT2D eigenvalue weighted by molar-refractivity contribution is -0.0736. The van der Waals surface area contributed by atoms with E-state index in [-0.39, 0.29) is 12.8 Å². The van der Waals surface area contributed by atoms with E-state index in [1.54, 1.807) is 0 Å². The topological polar surface area (TPSA) is 20.2 Å². The largest absolute Gasteiger partial charge is 0.389 e. The van der Waals surface area contributed by atoms with E-state index >= 15 is 0 Å². The first kappa shape index (κ1) is 17.4. The summed E-state index contributed by atoms with van der Waals surface area (Å²) in [4.78, 5) is 0. The number of hydrogen-bond acceptors (Lipinski definition) is 1. The van der Waals surface area contributed by atoms with Gasteiger partial charge in [0.1, 0.15) is 0 Å². The first-order valence-electron chi connectivity index (χ1n) is 5.74. The molecule has 0 aliphatic rings. The van der Waals surface area contributed by atoms with Crippen LogP contribution in [0.25, 0.3) is 0 Å². The zero-order chi connectivity index (χ0) is 11.6. The SMILES string of the molecule is C.CCC(O)(CCC(C)(C)C)C(C)(C)C. The highest BCUT2D eigenvalue weighted by molar-refractivity contribution is 4.90. The van der Waals surface area contributed by atoms with E-state index in [0.717, 1.165) is 19.3 Å². The molecule has 0 heterocycles. The summed E-state index contributed by atoms with van der Waals surface area (Å²) in [6.45, 7) is 15.1. The zero-order valence-corrected chi connectivity index (χ0v) is 11.1. The van der Waals surface area contributed by atoms with Gasteiger partial charge in [-0.2, -0.15) is 0 Å². The Hall–Kier alpha value is -0.0400. The second-order valence-electron chi connectivity index (χ2n) is 6.70. The summed E-state index contributed by atoms with van der Waals surface area (Å²) >= 11 is 0. The predicted molar refractivity (Wildman–Crippen MR) is 70.1 cm³/mol. The van der Waals surface area contributed by atoms with Gasteiger partial charge in [-0.25, -0.2) is 0 Å². The van der Waals surface area contributed by atoms with Crippen LogP contribution in [0.4, 0.5) is 0 Å². The van der Waals surface area contributed by atoms with E-state index < -0.39 is 5.60 Å². The van der Waals surface area contributed by atoms with Crippen LogP contribution in [0.15, 0.2) is 0 Å². The first-order valence-corrected chi connectivity index (χ1v) is 5.74. The third-order valence-corrected chi connectivity index (χ3v) is 3.27. The van der Waals surface area contributed by atoms with Crippen LogP contribution in [0.5, 0.6) is 0 Å². The molecule has 0 spiro atoms. The molecule has 1 nitrogen and oxygen atoms in total. The summed E-state index contributed by atoms with van der Waals surface area (Å²) in [6.07, 6.45) is 2.82. The van der Waals surface area contributed by atoms with Crippen LogP contribution in [0.3, 0.4) is 0 Å². The minimum absolute atomic E-state index is 0. The molecule has 1 unspecified atom stereocenters. The smallest absolute Gasteiger partial charge is 0.0693 e. The van der Waals surface area contributed by atoms with E-state index in [2.05, 4.69) is 48.5 Å². The van der Waals surface area contributed by atoms with E-state index in [9.17, 15) is 5.11 Å². The second-order valence-corrected chi connectivity index (χ2v) is 6.70. The molecule has 0 aliphatic carbocycles. The van der Waals surface area contributed by atoms with Gasteiger partial charge in [-0.1, -0.05) is 55.9 Å². The lowest BCUT2D eigenvalue weighted by atomic mass is 9.70. The van der Waals surface area contributed by atoms with Crippen molar-refractivity contribution in [2.75, 3.05) is 0 Å². The molecule has 0 aliphatic heterocycles. The third kappa shape index (κ3) is 5.55. The van der Waals surface area contributed by atoms with Gasteiger partial charge in [0.05, 0.1) is 5.60 Å². The third-order valence-electron chi connectivity index (χ3n) is 3.27. The number of rotatable bonds is 3. The Morgan fingerprint density at radius 1 is 0.867 bits per heavy atom. The normalized spacial score (nSPS) is 16.8. The summed E-state index contributed by atoms with van der Waals surface area (Å²) in [5.74, 6) is 0. The van der Waals surface area contributed by atoms with Gasteiger partial charge in [-0.3, -0.25) is 0 Å². The van der Waals surface area contributed by atoms with Crippen molar-refractivity contribution in [3.05, 3.63) is 0 Å². The van der Waals surface area contributed by atoms with Crippen LogP contribution < -0.4 is 0 Å². The Bertz CT molecular complexity index is 171. The van der Waals surface area contributed by atoms with Crippen LogP contribution in [0.2, 0.25) is 0 Å². The van der Waals surface area contributed by atoms with Gasteiger partial charge in [0.15, 0.2) is 0 Å². The Labute approximate surface area is 97.3 Å². The lowest BCUT2D eigenvalue weighted by Crippen LogP contribution is -2.42. The highest BCUT2D eigenvalue weighted by atomic mass is 16.3. The van der Waals surface area contributed by atoms with Crippen molar-refractivity contribution in [1.82, 2.24) is 0 Å². The summed E-state index contributed by atoms with van der Waals surface area (Å²) < 4.78 is 0. The zero-order valence-electron chi connectivity index (χ0n) is 11.1. The van der Waals surface area contributed by atoms with Gasteiger partial charge in [0.2, 0.25) is 0 Å². The van der Waals surface area contributed by atoms with Crippen LogP contribution in [-0.4, -0.2) is 10.7 Å². The molecule has 1 N–H and O–H groups in total. The average molecular weight is 216 g/mol. The van der Waals surface area contributed by atoms with E-state index in [1.165, 1.54) is 0 Å². The quantitative estimate of drug-likeness (QED) is 0.729. The molecule has 15 heavy (non-hydrogen) atoms. The molecule has 1 heteroatoms. The predicted octanol–water partition coefficient (Wildman–Crippen LogP) is 4.64. The van der Waals surface area contributed by atoms with Gasteiger partial charge in [0, 0.05) is 0 Å². The van der Waals surface area contributed by atoms with Crippen LogP contribution in [0, 0.1) is 10.8 Å². The van der Waals surface area contributed by atoms with Crippen molar-refractivity contribution in [2.45, 2.75) is 80.8 Å². The van der Waals surface area contributed by atoms with Gasteiger partial charge >= 0.3 is 0 Å². The number of hydrogen-bond donors (Lipinski definition) is 1. The average Bonchev–Trinajstić information content (AvgIpc) is 1.96. The molecule has 0 bridgehead atoms. The molecule has 0 rings (SSSR count). The molecular formula is C14H32O. The maximum absolute atomic E-state index is 10.5. The lowest BCUT2D eigenvalue weighted by Gasteiger charge is -2.41. The molecule has 94 valence electrons. The first-order chi connectivity index (χ1) is 6.02. The summed E-state index contributed by atoms with van der Waals surface area (Å²) in [7, 11) is 0. The highest BCUT2D eigenvalue weighted by Gasteiger charge is 2.38. The van der Waals surface area contributed by atoms with Crippen LogP contribution in [0.1, 0.15) is 75.2 Å². The van der Waals surface area contributed by atoms with Crippen molar-refractivity contribution in [2.24, 2.45) is 10.8 Å². The fourth-order valence-electron chi connectivity index (χ4n) is 1.66. The Morgan fingerprint density at radius 2 is 1.27 bits per heavy atom. The summed E-state index contributed by atoms with van der Waals surface area (Å²) in [5, 5.41) is 10.5. The molecule has 0 radical (unpaired) electrons. The van der Waals surface area contributed by atoms with Crippen molar-refractivity contribution in [3.63, 3.8) is 0 Å². The molecule has 0 aromatic carbocycles. The standard InChI is InChI=1S/C13H28O.CH4/c1-8-13(14,12(5,6)7)10-9-11(2,3)4;/h14H,8-10H2,1-7H3;1H4. The van der Waals surface area contributed by atoms with Gasteiger partial charge in [-0.15, -0.1) is 0 Å². The molecule has 1 atom stereocenters. The fraction of sp³-hybridized carbons (Fsp3) is 1.00. The Morgan fingerprint density at radius 3 is 1.47 bits per heavy atom. The van der Waals surface area contributed by atoms with Gasteiger partial charge in [-0.05, 0) is 30.1 Å². The van der Waals surface area contributed by atoms with Crippen molar-refractivity contribution >= 4 is 0 Å². The van der Waals surface area contributed by atoms with Crippen molar-refractivity contribution in [3.8, 4) is 0 Å². The number of aliphatic hydroxyl groups is 1. The summed E-state index contributed by atoms with van der Waals surface area (Å²) in [6, 6.07) is 0. The molecular weight excluding hydrogens is 184 g/mol. The van der Waals surface area contributed by atoms with E-state index in [1.807, 2.05) is 0 Å². The molecule has 0 aromatic heterocycles. The molecule has 0 amide bonds. The van der Waals surface area contributed by atoms with Crippen molar-refractivity contribution in [1.29, 1.82) is 0 Å². The highest BCUT2D eigenvalue weighted by Crippen LogP contribution is 2.39. The molecule has 0 saturated heterocycles. The minimum atomic E-state index is -0.514. The maximum atomic E-state index is 10.5. The molecule has 0 fully saturated rings. The Kier molecular flexibility index (Phi) is 6.18. The van der Waals surface area contributed by atoms with Gasteiger partial charge in [0.25, 0.3) is 0 Å². The van der Waals surface area contributed by atoms with Crippen LogP contribution in [-0.2, 0) is 0 Å².